The summed E-state index contributed by atoms with van der Waals surface area (Å²) in [4.78, 5) is 18.5. The predicted octanol–water partition coefficient (Wildman–Crippen LogP) is 2.39. The molecule has 17 heavy (non-hydrogen) atoms. The van der Waals surface area contributed by atoms with Crippen LogP contribution in [0.3, 0.4) is 0 Å². The van der Waals surface area contributed by atoms with E-state index in [1.807, 2.05) is 18.0 Å². The number of carbonyl (C=O) groups is 1. The summed E-state index contributed by atoms with van der Waals surface area (Å²) in [5, 5.41) is 0.479. The first kappa shape index (κ1) is 11.0. The van der Waals surface area contributed by atoms with Crippen LogP contribution in [0, 0.1) is 0 Å². The second kappa shape index (κ2) is 3.70. The fourth-order valence-electron chi connectivity index (χ4n) is 2.38. The molecule has 0 saturated heterocycles. The molecule has 1 aromatic rings. The van der Waals surface area contributed by atoms with Crippen molar-refractivity contribution >= 4 is 17.5 Å². The van der Waals surface area contributed by atoms with Crippen molar-refractivity contribution in [2.45, 2.75) is 37.1 Å². The van der Waals surface area contributed by atoms with Crippen LogP contribution in [-0.2, 0) is 10.2 Å². The smallest absolute Gasteiger partial charge is 0.233 e. The number of carbonyl (C=O) groups excluding carboxylic acids is 1. The number of halogens is 1. The third-order valence-corrected chi connectivity index (χ3v) is 4.08. The van der Waals surface area contributed by atoms with Crippen LogP contribution in [0.2, 0.25) is 5.15 Å². The maximum absolute atomic E-state index is 12.5. The Morgan fingerprint density at radius 3 is 2.65 bits per heavy atom. The van der Waals surface area contributed by atoms with Crippen LogP contribution in [0.25, 0.3) is 0 Å². The maximum Gasteiger partial charge on any atom is 0.233 e. The Balaban J connectivity index is 1.85. The summed E-state index contributed by atoms with van der Waals surface area (Å²) in [6, 6.07) is 4.17. The van der Waals surface area contributed by atoms with E-state index < -0.39 is 0 Å². The highest BCUT2D eigenvalue weighted by Crippen LogP contribution is 2.50. The van der Waals surface area contributed by atoms with Crippen molar-refractivity contribution in [3.05, 3.63) is 29.0 Å². The first-order valence-electron chi connectivity index (χ1n) is 6.03. The Morgan fingerprint density at radius 2 is 2.18 bits per heavy atom. The minimum absolute atomic E-state index is 0.254. The molecule has 0 spiro atoms. The molecular weight excluding hydrogens is 236 g/mol. The summed E-state index contributed by atoms with van der Waals surface area (Å²) in [6.07, 6.45) is 5.92. The lowest BCUT2D eigenvalue weighted by Gasteiger charge is -2.23. The largest absolute Gasteiger partial charge is 0.342 e. The second-order valence-corrected chi connectivity index (χ2v) is 5.49. The number of hydrogen-bond donors (Lipinski definition) is 0. The number of aromatic nitrogens is 1. The standard InChI is InChI=1S/C13H15ClN2O/c1-16(10-3-4-10)12(17)13(6-7-13)9-2-5-11(14)15-8-9/h2,5,8,10H,3-4,6-7H2,1H3. The molecule has 2 aliphatic carbocycles. The average Bonchev–Trinajstić information content (AvgIpc) is 3.19. The van der Waals surface area contributed by atoms with Gasteiger partial charge in [-0.1, -0.05) is 17.7 Å². The number of pyridine rings is 1. The number of likely N-dealkylation sites (N-methyl/N-ethyl adjacent to an activating group) is 1. The van der Waals surface area contributed by atoms with Gasteiger partial charge in [0, 0.05) is 19.3 Å². The van der Waals surface area contributed by atoms with Gasteiger partial charge in [-0.2, -0.15) is 0 Å². The minimum atomic E-state index is -0.297. The molecule has 0 aliphatic heterocycles. The highest BCUT2D eigenvalue weighted by atomic mass is 35.5. The van der Waals surface area contributed by atoms with E-state index in [0.29, 0.717) is 11.2 Å². The van der Waals surface area contributed by atoms with Gasteiger partial charge in [0.15, 0.2) is 0 Å². The van der Waals surface area contributed by atoms with E-state index in [-0.39, 0.29) is 11.3 Å². The summed E-state index contributed by atoms with van der Waals surface area (Å²) in [6.45, 7) is 0. The van der Waals surface area contributed by atoms with E-state index in [4.69, 9.17) is 11.6 Å². The van der Waals surface area contributed by atoms with Crippen molar-refractivity contribution in [3.63, 3.8) is 0 Å². The van der Waals surface area contributed by atoms with Gasteiger partial charge in [0.2, 0.25) is 5.91 Å². The van der Waals surface area contributed by atoms with Gasteiger partial charge in [0.25, 0.3) is 0 Å². The van der Waals surface area contributed by atoms with Crippen molar-refractivity contribution in [2.75, 3.05) is 7.05 Å². The molecule has 0 bridgehead atoms. The molecule has 90 valence electrons. The minimum Gasteiger partial charge on any atom is -0.342 e. The van der Waals surface area contributed by atoms with Crippen LogP contribution in [0.15, 0.2) is 18.3 Å². The zero-order valence-electron chi connectivity index (χ0n) is 9.82. The highest BCUT2D eigenvalue weighted by molar-refractivity contribution is 6.29. The summed E-state index contributed by atoms with van der Waals surface area (Å²) >= 11 is 5.78. The molecule has 4 heteroatoms. The van der Waals surface area contributed by atoms with Crippen molar-refractivity contribution in [1.82, 2.24) is 9.88 Å². The van der Waals surface area contributed by atoms with Gasteiger partial charge in [-0.3, -0.25) is 4.79 Å². The van der Waals surface area contributed by atoms with Crippen LogP contribution in [0.4, 0.5) is 0 Å². The quantitative estimate of drug-likeness (QED) is 0.772. The van der Waals surface area contributed by atoms with Crippen LogP contribution >= 0.6 is 11.6 Å². The Labute approximate surface area is 106 Å². The van der Waals surface area contributed by atoms with E-state index in [9.17, 15) is 4.79 Å². The molecular formula is C13H15ClN2O. The van der Waals surface area contributed by atoms with Gasteiger partial charge < -0.3 is 4.90 Å². The molecule has 3 rings (SSSR count). The molecule has 1 heterocycles. The molecule has 2 saturated carbocycles. The molecule has 1 aromatic heterocycles. The Hall–Kier alpha value is -1.09. The van der Waals surface area contributed by atoms with E-state index in [1.54, 1.807) is 12.3 Å². The van der Waals surface area contributed by atoms with Crippen molar-refractivity contribution in [2.24, 2.45) is 0 Å². The number of rotatable bonds is 3. The lowest BCUT2D eigenvalue weighted by atomic mass is 9.96. The van der Waals surface area contributed by atoms with E-state index in [1.165, 1.54) is 0 Å². The average molecular weight is 251 g/mol. The molecule has 1 amide bonds. The molecule has 2 fully saturated rings. The van der Waals surface area contributed by atoms with Gasteiger partial charge in [0.1, 0.15) is 5.15 Å². The predicted molar refractivity (Wildman–Crippen MR) is 66.0 cm³/mol. The monoisotopic (exact) mass is 250 g/mol. The summed E-state index contributed by atoms with van der Waals surface area (Å²) < 4.78 is 0. The Morgan fingerprint density at radius 1 is 1.47 bits per heavy atom. The van der Waals surface area contributed by atoms with E-state index in [0.717, 1.165) is 31.2 Å². The van der Waals surface area contributed by atoms with Crippen molar-refractivity contribution < 1.29 is 4.79 Å². The molecule has 0 aromatic carbocycles. The second-order valence-electron chi connectivity index (χ2n) is 5.10. The number of nitrogens with zero attached hydrogens (tertiary/aromatic N) is 2. The van der Waals surface area contributed by atoms with Crippen LogP contribution < -0.4 is 0 Å². The van der Waals surface area contributed by atoms with Crippen molar-refractivity contribution in [1.29, 1.82) is 0 Å². The number of amides is 1. The number of hydrogen-bond acceptors (Lipinski definition) is 2. The molecule has 0 unspecified atom stereocenters. The van der Waals surface area contributed by atoms with Gasteiger partial charge in [-0.15, -0.1) is 0 Å². The first-order chi connectivity index (χ1) is 8.13. The zero-order chi connectivity index (χ0) is 12.0. The van der Waals surface area contributed by atoms with Gasteiger partial charge in [-0.25, -0.2) is 4.98 Å². The zero-order valence-corrected chi connectivity index (χ0v) is 10.6. The fraction of sp³-hybridized carbons (Fsp3) is 0.538. The van der Waals surface area contributed by atoms with Gasteiger partial charge in [-0.05, 0) is 37.3 Å². The van der Waals surface area contributed by atoms with Crippen molar-refractivity contribution in [3.8, 4) is 0 Å². The normalized spacial score (nSPS) is 21.1. The van der Waals surface area contributed by atoms with E-state index >= 15 is 0 Å². The SMILES string of the molecule is CN(C(=O)C1(c2ccc(Cl)nc2)CC1)C1CC1. The molecule has 0 radical (unpaired) electrons. The molecule has 2 aliphatic rings. The van der Waals surface area contributed by atoms with Gasteiger partial charge >= 0.3 is 0 Å². The molecule has 3 nitrogen and oxygen atoms in total. The topological polar surface area (TPSA) is 33.2 Å². The fourth-order valence-corrected chi connectivity index (χ4v) is 2.49. The van der Waals surface area contributed by atoms with Gasteiger partial charge in [0.05, 0.1) is 5.41 Å². The van der Waals surface area contributed by atoms with E-state index in [2.05, 4.69) is 4.98 Å². The molecule has 0 atom stereocenters. The summed E-state index contributed by atoms with van der Waals surface area (Å²) in [5.41, 5.74) is 0.717. The van der Waals surface area contributed by atoms with Crippen LogP contribution in [0.5, 0.6) is 0 Å². The third-order valence-electron chi connectivity index (χ3n) is 3.85. The Bertz CT molecular complexity index is 449. The highest BCUT2D eigenvalue weighted by Gasteiger charge is 2.54. The maximum atomic E-state index is 12.5. The van der Waals surface area contributed by atoms with Crippen LogP contribution in [0.1, 0.15) is 31.2 Å². The first-order valence-corrected chi connectivity index (χ1v) is 6.40. The Kier molecular flexibility index (Phi) is 2.40. The molecule has 0 N–H and O–H groups in total. The summed E-state index contributed by atoms with van der Waals surface area (Å²) in [7, 11) is 1.92. The lowest BCUT2D eigenvalue weighted by Crippen LogP contribution is -2.38. The summed E-state index contributed by atoms with van der Waals surface area (Å²) in [5.74, 6) is 0.254. The third kappa shape index (κ3) is 1.82. The van der Waals surface area contributed by atoms with Crippen LogP contribution in [-0.4, -0.2) is 28.9 Å². The lowest BCUT2D eigenvalue weighted by molar-refractivity contribution is -0.133.